The summed E-state index contributed by atoms with van der Waals surface area (Å²) in [6.45, 7) is 2.46. The molecule has 0 bridgehead atoms. The Bertz CT molecular complexity index is 563. The highest BCUT2D eigenvalue weighted by molar-refractivity contribution is 6.12. The first kappa shape index (κ1) is 13.0. The Labute approximate surface area is 117 Å². The third-order valence-corrected chi connectivity index (χ3v) is 3.42. The summed E-state index contributed by atoms with van der Waals surface area (Å²) < 4.78 is 21.8. The number of Topliss-reactive ketones (excluding diaryl/α,β-unsaturated/α-hetero) is 1. The van der Waals surface area contributed by atoms with Crippen LogP contribution in [-0.4, -0.2) is 31.9 Å². The maximum Gasteiger partial charge on any atom is 0.202 e. The fourth-order valence-corrected chi connectivity index (χ4v) is 2.41. The van der Waals surface area contributed by atoms with Crippen molar-refractivity contribution in [1.82, 2.24) is 0 Å². The van der Waals surface area contributed by atoms with Crippen molar-refractivity contribution in [1.29, 1.82) is 0 Å². The molecular weight excluding hydrogens is 260 g/mol. The fourth-order valence-electron chi connectivity index (χ4n) is 2.41. The number of ketones is 1. The SMILES string of the molecule is CCOC1CC2Oc3ccc(OC)cc3C(=O)C2=CO1. The van der Waals surface area contributed by atoms with Crippen LogP contribution in [0.5, 0.6) is 11.5 Å². The van der Waals surface area contributed by atoms with Gasteiger partial charge < -0.3 is 18.9 Å². The Kier molecular flexibility index (Phi) is 3.36. The molecule has 0 N–H and O–H groups in total. The molecule has 0 spiro atoms. The van der Waals surface area contributed by atoms with Gasteiger partial charge in [0.05, 0.1) is 30.9 Å². The van der Waals surface area contributed by atoms with Crippen molar-refractivity contribution >= 4 is 5.78 Å². The number of hydrogen-bond acceptors (Lipinski definition) is 5. The minimum atomic E-state index is -0.360. The van der Waals surface area contributed by atoms with Gasteiger partial charge in [0.1, 0.15) is 17.6 Å². The van der Waals surface area contributed by atoms with Gasteiger partial charge in [-0.3, -0.25) is 4.79 Å². The summed E-state index contributed by atoms with van der Waals surface area (Å²) in [5.41, 5.74) is 1.03. The van der Waals surface area contributed by atoms with Crippen molar-refractivity contribution in [3.8, 4) is 11.5 Å². The van der Waals surface area contributed by atoms with Gasteiger partial charge >= 0.3 is 0 Å². The lowest BCUT2D eigenvalue weighted by molar-refractivity contribution is -0.127. The molecule has 0 fully saturated rings. The maximum atomic E-state index is 12.5. The second-order valence-corrected chi connectivity index (χ2v) is 4.63. The van der Waals surface area contributed by atoms with Crippen molar-refractivity contribution in [3.05, 3.63) is 35.6 Å². The van der Waals surface area contributed by atoms with E-state index in [9.17, 15) is 4.79 Å². The zero-order chi connectivity index (χ0) is 14.1. The topological polar surface area (TPSA) is 54.0 Å². The molecule has 2 aliphatic heterocycles. The van der Waals surface area contributed by atoms with E-state index in [0.717, 1.165) is 0 Å². The number of benzene rings is 1. The molecule has 3 rings (SSSR count). The van der Waals surface area contributed by atoms with Crippen LogP contribution in [0.15, 0.2) is 30.0 Å². The van der Waals surface area contributed by atoms with Crippen LogP contribution < -0.4 is 9.47 Å². The molecule has 1 aromatic carbocycles. The predicted octanol–water partition coefficient (Wildman–Crippen LogP) is 2.31. The number of carbonyl (C=O) groups is 1. The zero-order valence-electron chi connectivity index (χ0n) is 11.4. The van der Waals surface area contributed by atoms with E-state index < -0.39 is 0 Å². The highest BCUT2D eigenvalue weighted by Gasteiger charge is 2.37. The molecule has 0 aliphatic carbocycles. The third-order valence-electron chi connectivity index (χ3n) is 3.42. The normalized spacial score (nSPS) is 23.9. The van der Waals surface area contributed by atoms with Crippen LogP contribution in [0.1, 0.15) is 23.7 Å². The summed E-state index contributed by atoms with van der Waals surface area (Å²) in [7, 11) is 1.56. The first-order chi connectivity index (χ1) is 9.72. The van der Waals surface area contributed by atoms with E-state index in [1.807, 2.05) is 6.92 Å². The lowest BCUT2D eigenvalue weighted by Gasteiger charge is -2.33. The zero-order valence-corrected chi connectivity index (χ0v) is 11.4. The maximum absolute atomic E-state index is 12.5. The summed E-state index contributed by atoms with van der Waals surface area (Å²) in [5.74, 6) is 1.13. The molecular formula is C15H16O5. The van der Waals surface area contributed by atoms with Gasteiger partial charge in [0.2, 0.25) is 6.29 Å². The summed E-state index contributed by atoms with van der Waals surface area (Å²) in [5, 5.41) is 0. The van der Waals surface area contributed by atoms with Gasteiger partial charge in [0, 0.05) is 6.61 Å². The van der Waals surface area contributed by atoms with E-state index in [2.05, 4.69) is 0 Å². The van der Waals surface area contributed by atoms with Gasteiger partial charge in [-0.05, 0) is 25.1 Å². The summed E-state index contributed by atoms with van der Waals surface area (Å²) in [4.78, 5) is 12.5. The van der Waals surface area contributed by atoms with Gasteiger partial charge in [-0.2, -0.15) is 0 Å². The monoisotopic (exact) mass is 276 g/mol. The largest absolute Gasteiger partial charge is 0.497 e. The van der Waals surface area contributed by atoms with E-state index in [1.165, 1.54) is 6.26 Å². The van der Waals surface area contributed by atoms with Gasteiger partial charge in [-0.15, -0.1) is 0 Å². The summed E-state index contributed by atoms with van der Waals surface area (Å²) >= 11 is 0. The number of fused-ring (bicyclic) bond motifs is 2. The molecule has 1 aromatic rings. The number of rotatable bonds is 3. The minimum Gasteiger partial charge on any atom is -0.497 e. The Morgan fingerprint density at radius 2 is 2.25 bits per heavy atom. The molecule has 0 aromatic heterocycles. The third kappa shape index (κ3) is 2.14. The number of hydrogen-bond donors (Lipinski definition) is 0. The van der Waals surface area contributed by atoms with Crippen molar-refractivity contribution in [2.75, 3.05) is 13.7 Å². The Hall–Kier alpha value is -2.01. The molecule has 2 aliphatic rings. The van der Waals surface area contributed by atoms with Crippen molar-refractivity contribution in [2.24, 2.45) is 0 Å². The predicted molar refractivity (Wildman–Crippen MR) is 70.9 cm³/mol. The number of ether oxygens (including phenoxy) is 4. The van der Waals surface area contributed by atoms with E-state index in [0.29, 0.717) is 35.7 Å². The van der Waals surface area contributed by atoms with Gasteiger partial charge in [-0.1, -0.05) is 0 Å². The second kappa shape index (κ2) is 5.17. The molecule has 20 heavy (non-hydrogen) atoms. The lowest BCUT2D eigenvalue weighted by atomic mass is 9.93. The summed E-state index contributed by atoms with van der Waals surface area (Å²) in [6, 6.07) is 5.22. The minimum absolute atomic E-state index is 0.0786. The Morgan fingerprint density at radius 1 is 1.40 bits per heavy atom. The second-order valence-electron chi connectivity index (χ2n) is 4.63. The van der Waals surface area contributed by atoms with Crippen molar-refractivity contribution in [3.63, 3.8) is 0 Å². The standard InChI is InChI=1S/C15H16O5/c1-3-18-14-7-13-11(8-19-14)15(16)10-6-9(17-2)4-5-12(10)20-13/h4-6,8,13-14H,3,7H2,1-2H3. The molecule has 106 valence electrons. The van der Waals surface area contributed by atoms with E-state index >= 15 is 0 Å². The average Bonchev–Trinajstić information content (AvgIpc) is 2.47. The van der Waals surface area contributed by atoms with Crippen LogP contribution in [0.3, 0.4) is 0 Å². The lowest BCUT2D eigenvalue weighted by Crippen LogP contribution is -2.38. The van der Waals surface area contributed by atoms with Crippen LogP contribution in [0.4, 0.5) is 0 Å². The van der Waals surface area contributed by atoms with E-state index in [-0.39, 0.29) is 18.2 Å². The molecule has 5 nitrogen and oxygen atoms in total. The number of carbonyl (C=O) groups excluding carboxylic acids is 1. The fraction of sp³-hybridized carbons (Fsp3) is 0.400. The molecule has 0 amide bonds. The highest BCUT2D eigenvalue weighted by Crippen LogP contribution is 2.36. The first-order valence-electron chi connectivity index (χ1n) is 6.59. The molecule has 2 heterocycles. The molecule has 0 saturated heterocycles. The quantitative estimate of drug-likeness (QED) is 0.848. The Morgan fingerprint density at radius 3 is 3.00 bits per heavy atom. The summed E-state index contributed by atoms with van der Waals surface area (Å²) in [6.07, 6.45) is 1.30. The van der Waals surface area contributed by atoms with Crippen LogP contribution in [0.25, 0.3) is 0 Å². The molecule has 5 heteroatoms. The van der Waals surface area contributed by atoms with Crippen molar-refractivity contribution in [2.45, 2.75) is 25.7 Å². The average molecular weight is 276 g/mol. The molecule has 0 saturated carbocycles. The van der Waals surface area contributed by atoms with E-state index in [1.54, 1.807) is 25.3 Å². The van der Waals surface area contributed by atoms with Crippen LogP contribution >= 0.6 is 0 Å². The van der Waals surface area contributed by atoms with Crippen LogP contribution in [0, 0.1) is 0 Å². The Balaban J connectivity index is 1.91. The smallest absolute Gasteiger partial charge is 0.202 e. The van der Waals surface area contributed by atoms with E-state index in [4.69, 9.17) is 18.9 Å². The van der Waals surface area contributed by atoms with Gasteiger partial charge in [0.25, 0.3) is 0 Å². The van der Waals surface area contributed by atoms with Gasteiger partial charge in [-0.25, -0.2) is 0 Å². The highest BCUT2D eigenvalue weighted by atomic mass is 16.7. The molecule has 2 atom stereocenters. The number of methoxy groups -OCH3 is 1. The van der Waals surface area contributed by atoms with Crippen LogP contribution in [0.2, 0.25) is 0 Å². The first-order valence-corrected chi connectivity index (χ1v) is 6.59. The molecule has 2 unspecified atom stereocenters. The van der Waals surface area contributed by atoms with Gasteiger partial charge in [0.15, 0.2) is 5.78 Å². The van der Waals surface area contributed by atoms with Crippen molar-refractivity contribution < 1.29 is 23.7 Å². The van der Waals surface area contributed by atoms with Crippen LogP contribution in [-0.2, 0) is 9.47 Å². The molecule has 0 radical (unpaired) electrons.